The number of rotatable bonds is 9. The zero-order chi connectivity index (χ0) is 22.9. The molecule has 0 radical (unpaired) electrons. The molecule has 170 valence electrons. The van der Waals surface area contributed by atoms with Crippen LogP contribution in [0.1, 0.15) is 21.5 Å². The molecule has 0 saturated heterocycles. The molecule has 0 unspecified atom stereocenters. The molecule has 1 heterocycles. The first-order chi connectivity index (χ1) is 16.2. The van der Waals surface area contributed by atoms with Crippen LogP contribution in [-0.2, 0) is 22.6 Å². The molecule has 3 aromatic carbocycles. The summed E-state index contributed by atoms with van der Waals surface area (Å²) in [4.78, 5) is 24.2. The van der Waals surface area contributed by atoms with E-state index >= 15 is 0 Å². The van der Waals surface area contributed by atoms with Gasteiger partial charge in [0.15, 0.2) is 18.1 Å². The van der Waals surface area contributed by atoms with Crippen LogP contribution in [0.15, 0.2) is 72.8 Å². The second-order valence-electron chi connectivity index (χ2n) is 7.45. The Morgan fingerprint density at radius 2 is 1.61 bits per heavy atom. The molecule has 1 N–H and O–H groups in total. The lowest BCUT2D eigenvalue weighted by atomic mass is 10.1. The smallest absolute Gasteiger partial charge is 0.338 e. The Bertz CT molecular complexity index is 1080. The van der Waals surface area contributed by atoms with Gasteiger partial charge in [-0.3, -0.25) is 4.79 Å². The van der Waals surface area contributed by atoms with Crippen molar-refractivity contribution < 1.29 is 28.5 Å². The first kappa shape index (κ1) is 22.2. The summed E-state index contributed by atoms with van der Waals surface area (Å²) >= 11 is 0. The van der Waals surface area contributed by atoms with Crippen LogP contribution in [0.4, 0.5) is 0 Å². The van der Waals surface area contributed by atoms with Gasteiger partial charge in [-0.05, 0) is 53.9 Å². The van der Waals surface area contributed by atoms with E-state index in [4.69, 9.17) is 18.9 Å². The summed E-state index contributed by atoms with van der Waals surface area (Å²) in [5.74, 6) is 1.18. The number of esters is 1. The summed E-state index contributed by atoms with van der Waals surface area (Å²) in [5, 5.41) is 2.75. The minimum Gasteiger partial charge on any atom is -0.489 e. The van der Waals surface area contributed by atoms with E-state index in [1.807, 2.05) is 48.5 Å². The average molecular weight is 447 g/mol. The molecule has 0 spiro atoms. The van der Waals surface area contributed by atoms with Crippen LogP contribution in [0.5, 0.6) is 17.2 Å². The summed E-state index contributed by atoms with van der Waals surface area (Å²) < 4.78 is 21.9. The summed E-state index contributed by atoms with van der Waals surface area (Å²) in [7, 11) is 0. The van der Waals surface area contributed by atoms with Gasteiger partial charge in [-0.2, -0.15) is 0 Å². The molecule has 7 heteroatoms. The number of hydrogen-bond acceptors (Lipinski definition) is 6. The lowest BCUT2D eigenvalue weighted by molar-refractivity contribution is -0.124. The number of hydrogen-bond donors (Lipinski definition) is 1. The number of nitrogens with one attached hydrogen (secondary N) is 1. The summed E-state index contributed by atoms with van der Waals surface area (Å²) in [6.07, 6.45) is 0.626. The Morgan fingerprint density at radius 1 is 0.848 bits per heavy atom. The lowest BCUT2D eigenvalue weighted by Crippen LogP contribution is -2.30. The number of fused-ring (bicyclic) bond motifs is 1. The van der Waals surface area contributed by atoms with Crippen molar-refractivity contribution in [3.8, 4) is 17.2 Å². The van der Waals surface area contributed by atoms with Gasteiger partial charge in [-0.25, -0.2) is 4.79 Å². The highest BCUT2D eigenvalue weighted by Crippen LogP contribution is 2.30. The topological polar surface area (TPSA) is 83.1 Å². The summed E-state index contributed by atoms with van der Waals surface area (Å²) in [6.45, 7) is 1.60. The van der Waals surface area contributed by atoms with Crippen molar-refractivity contribution in [1.29, 1.82) is 0 Å². The molecular weight excluding hydrogens is 422 g/mol. The van der Waals surface area contributed by atoms with Gasteiger partial charge in [0.2, 0.25) is 0 Å². The number of carbonyl (C=O) groups is 2. The van der Waals surface area contributed by atoms with E-state index in [2.05, 4.69) is 5.32 Å². The van der Waals surface area contributed by atoms with Crippen LogP contribution in [0.3, 0.4) is 0 Å². The molecule has 0 aliphatic carbocycles. The van der Waals surface area contributed by atoms with Crippen LogP contribution >= 0.6 is 0 Å². The normalized spacial score (nSPS) is 12.0. The summed E-state index contributed by atoms with van der Waals surface area (Å²) in [5.41, 5.74) is 2.43. The third-order valence-electron chi connectivity index (χ3n) is 5.02. The minimum atomic E-state index is -0.563. The maximum atomic E-state index is 12.2. The van der Waals surface area contributed by atoms with Crippen molar-refractivity contribution in [1.82, 2.24) is 5.32 Å². The Kier molecular flexibility index (Phi) is 7.43. The second kappa shape index (κ2) is 11.0. The number of ether oxygens (including phenoxy) is 4. The zero-order valence-electron chi connectivity index (χ0n) is 18.1. The molecule has 0 atom stereocenters. The number of benzene rings is 3. The Labute approximate surface area is 192 Å². The Balaban J connectivity index is 1.16. The molecular formula is C26H25NO6. The molecule has 0 bridgehead atoms. The molecule has 1 aliphatic heterocycles. The van der Waals surface area contributed by atoms with Gasteiger partial charge in [-0.1, -0.05) is 36.4 Å². The fourth-order valence-electron chi connectivity index (χ4n) is 3.28. The van der Waals surface area contributed by atoms with Crippen LogP contribution < -0.4 is 19.5 Å². The first-order valence-corrected chi connectivity index (χ1v) is 10.8. The van der Waals surface area contributed by atoms with Gasteiger partial charge in [0.05, 0.1) is 5.56 Å². The third kappa shape index (κ3) is 6.49. The van der Waals surface area contributed by atoms with Gasteiger partial charge in [0.25, 0.3) is 5.91 Å². The fraction of sp³-hybridized carbons (Fsp3) is 0.231. The van der Waals surface area contributed by atoms with Crippen LogP contribution in [-0.4, -0.2) is 38.2 Å². The Morgan fingerprint density at radius 3 is 2.39 bits per heavy atom. The largest absolute Gasteiger partial charge is 0.489 e. The molecule has 0 aromatic heterocycles. The molecule has 0 saturated carbocycles. The van der Waals surface area contributed by atoms with Crippen molar-refractivity contribution in [2.75, 3.05) is 26.4 Å². The molecule has 4 rings (SSSR count). The van der Waals surface area contributed by atoms with Crippen molar-refractivity contribution in [3.63, 3.8) is 0 Å². The van der Waals surface area contributed by atoms with E-state index in [-0.39, 0.29) is 12.5 Å². The van der Waals surface area contributed by atoms with Crippen LogP contribution in [0.2, 0.25) is 0 Å². The number of amides is 1. The average Bonchev–Trinajstić information content (AvgIpc) is 2.87. The van der Waals surface area contributed by atoms with Gasteiger partial charge in [-0.15, -0.1) is 0 Å². The number of carbonyl (C=O) groups excluding carboxylic acids is 2. The van der Waals surface area contributed by atoms with Crippen LogP contribution in [0.25, 0.3) is 0 Å². The molecule has 33 heavy (non-hydrogen) atoms. The highest BCUT2D eigenvalue weighted by atomic mass is 16.6. The SMILES string of the molecule is O=C(COC(=O)c1ccc(OCc2ccccc2)cc1)NCCc1ccc2c(c1)OCCO2. The van der Waals surface area contributed by atoms with Crippen molar-refractivity contribution in [3.05, 3.63) is 89.5 Å². The predicted octanol–water partition coefficient (Wildman–Crippen LogP) is 3.55. The zero-order valence-corrected chi connectivity index (χ0v) is 18.1. The van der Waals surface area contributed by atoms with E-state index in [1.54, 1.807) is 24.3 Å². The maximum Gasteiger partial charge on any atom is 0.338 e. The monoisotopic (exact) mass is 447 g/mol. The molecule has 3 aromatic rings. The van der Waals surface area contributed by atoms with E-state index in [1.165, 1.54) is 0 Å². The summed E-state index contributed by atoms with van der Waals surface area (Å²) in [6, 6.07) is 22.2. The maximum absolute atomic E-state index is 12.2. The van der Waals surface area contributed by atoms with E-state index < -0.39 is 5.97 Å². The van der Waals surface area contributed by atoms with Gasteiger partial charge < -0.3 is 24.3 Å². The molecule has 7 nitrogen and oxygen atoms in total. The standard InChI is InChI=1S/C26H25NO6/c28-25(27-13-12-19-6-11-23-24(16-19)31-15-14-30-23)18-33-26(29)21-7-9-22(10-8-21)32-17-20-4-2-1-3-5-20/h1-11,16H,12-15,17-18H2,(H,27,28). The van der Waals surface area contributed by atoms with E-state index in [0.717, 1.165) is 22.6 Å². The molecule has 1 aliphatic rings. The van der Waals surface area contributed by atoms with Gasteiger partial charge in [0.1, 0.15) is 25.6 Å². The lowest BCUT2D eigenvalue weighted by Gasteiger charge is -2.18. The van der Waals surface area contributed by atoms with Crippen molar-refractivity contribution in [2.45, 2.75) is 13.0 Å². The molecule has 0 fully saturated rings. The highest BCUT2D eigenvalue weighted by molar-refractivity contribution is 5.91. The third-order valence-corrected chi connectivity index (χ3v) is 5.02. The van der Waals surface area contributed by atoms with E-state index in [0.29, 0.717) is 44.1 Å². The van der Waals surface area contributed by atoms with Gasteiger partial charge >= 0.3 is 5.97 Å². The van der Waals surface area contributed by atoms with Crippen molar-refractivity contribution >= 4 is 11.9 Å². The minimum absolute atomic E-state index is 0.341. The highest BCUT2D eigenvalue weighted by Gasteiger charge is 2.13. The van der Waals surface area contributed by atoms with Gasteiger partial charge in [0, 0.05) is 6.54 Å². The fourth-order valence-corrected chi connectivity index (χ4v) is 3.28. The predicted molar refractivity (Wildman–Crippen MR) is 122 cm³/mol. The quantitative estimate of drug-likeness (QED) is 0.505. The van der Waals surface area contributed by atoms with E-state index in [9.17, 15) is 9.59 Å². The first-order valence-electron chi connectivity index (χ1n) is 10.8. The second-order valence-corrected chi connectivity index (χ2v) is 7.45. The van der Waals surface area contributed by atoms with Crippen molar-refractivity contribution in [2.24, 2.45) is 0 Å². The Hall–Kier alpha value is -4.00. The molecule has 1 amide bonds. The van der Waals surface area contributed by atoms with Crippen LogP contribution in [0, 0.1) is 0 Å².